The number of thiazole rings is 1. The number of sulfonamides is 1. The third kappa shape index (κ3) is 5.65. The molecule has 192 valence electrons. The lowest BCUT2D eigenvalue weighted by atomic mass is 10.1. The van der Waals surface area contributed by atoms with Crippen LogP contribution in [0.4, 0.5) is 10.8 Å². The lowest BCUT2D eigenvalue weighted by Gasteiger charge is -2.23. The zero-order valence-electron chi connectivity index (χ0n) is 20.4. The summed E-state index contributed by atoms with van der Waals surface area (Å²) in [5.74, 6) is -0.213. The number of carbonyl (C=O) groups is 1. The van der Waals surface area contributed by atoms with Crippen molar-refractivity contribution in [2.75, 3.05) is 22.8 Å². The molecule has 37 heavy (non-hydrogen) atoms. The van der Waals surface area contributed by atoms with Crippen LogP contribution >= 0.6 is 22.9 Å². The summed E-state index contributed by atoms with van der Waals surface area (Å²) in [7, 11) is -3.79. The number of ether oxygens (including phenoxy) is 1. The molecule has 1 atom stereocenters. The summed E-state index contributed by atoms with van der Waals surface area (Å²) < 4.78 is 34.8. The van der Waals surface area contributed by atoms with Gasteiger partial charge in [0.25, 0.3) is 15.9 Å². The molecule has 1 fully saturated rings. The normalized spacial score (nSPS) is 15.7. The van der Waals surface area contributed by atoms with Gasteiger partial charge in [0, 0.05) is 22.9 Å². The number of fused-ring (bicyclic) bond motifs is 1. The number of hydrogen-bond acceptors (Lipinski definition) is 6. The van der Waals surface area contributed by atoms with Gasteiger partial charge in [0.15, 0.2) is 5.13 Å². The number of rotatable bonds is 7. The molecule has 0 spiro atoms. The van der Waals surface area contributed by atoms with E-state index in [0.29, 0.717) is 34.6 Å². The molecule has 1 aliphatic heterocycles. The Morgan fingerprint density at radius 1 is 1.11 bits per heavy atom. The minimum atomic E-state index is -3.79. The van der Waals surface area contributed by atoms with E-state index in [1.54, 1.807) is 29.2 Å². The van der Waals surface area contributed by atoms with Gasteiger partial charge in [-0.05, 0) is 98.5 Å². The fourth-order valence-electron chi connectivity index (χ4n) is 4.19. The zero-order chi connectivity index (χ0) is 26.2. The van der Waals surface area contributed by atoms with Gasteiger partial charge in [-0.1, -0.05) is 22.9 Å². The Bertz CT molecular complexity index is 1510. The summed E-state index contributed by atoms with van der Waals surface area (Å²) in [5, 5.41) is 1.07. The van der Waals surface area contributed by atoms with Gasteiger partial charge in [-0.2, -0.15) is 0 Å². The molecule has 2 heterocycles. The van der Waals surface area contributed by atoms with E-state index in [-0.39, 0.29) is 16.9 Å². The smallest absolute Gasteiger partial charge is 0.261 e. The Labute approximate surface area is 225 Å². The van der Waals surface area contributed by atoms with Gasteiger partial charge >= 0.3 is 0 Å². The van der Waals surface area contributed by atoms with E-state index in [1.807, 2.05) is 13.0 Å². The number of nitrogens with zero attached hydrogens (tertiary/aromatic N) is 2. The first-order valence-electron chi connectivity index (χ1n) is 11.9. The molecule has 4 aromatic rings. The summed E-state index contributed by atoms with van der Waals surface area (Å²) >= 11 is 7.35. The van der Waals surface area contributed by atoms with Gasteiger partial charge in [0.05, 0.1) is 27.8 Å². The molecule has 5 rings (SSSR count). The van der Waals surface area contributed by atoms with E-state index < -0.39 is 10.0 Å². The van der Waals surface area contributed by atoms with Crippen molar-refractivity contribution in [2.24, 2.45) is 0 Å². The largest absolute Gasteiger partial charge is 0.376 e. The Morgan fingerprint density at radius 2 is 1.81 bits per heavy atom. The van der Waals surface area contributed by atoms with Gasteiger partial charge < -0.3 is 4.74 Å². The fourth-order valence-corrected chi connectivity index (χ4v) is 6.43. The Balaban J connectivity index is 1.40. The molecule has 10 heteroatoms. The van der Waals surface area contributed by atoms with Crippen LogP contribution in [0.2, 0.25) is 5.02 Å². The fraction of sp³-hybridized carbons (Fsp3) is 0.259. The minimum absolute atomic E-state index is 0.0510. The Kier molecular flexibility index (Phi) is 7.22. The SMILES string of the molecule is Cc1cc2nc(N(CC3CCCO3)C(=O)c3ccc(NS(=O)(=O)c4ccc(Cl)cc4)cc3)sc2cc1C. The number of nitrogens with one attached hydrogen (secondary N) is 1. The summed E-state index contributed by atoms with van der Waals surface area (Å²) in [6.07, 6.45) is 1.80. The monoisotopic (exact) mass is 555 g/mol. The summed E-state index contributed by atoms with van der Waals surface area (Å²) in [6, 6.07) is 16.4. The molecule has 1 aliphatic rings. The van der Waals surface area contributed by atoms with E-state index in [1.165, 1.54) is 41.2 Å². The second-order valence-electron chi connectivity index (χ2n) is 9.09. The van der Waals surface area contributed by atoms with Crippen molar-refractivity contribution in [1.29, 1.82) is 0 Å². The third-order valence-corrected chi connectivity index (χ3v) is 9.08. The van der Waals surface area contributed by atoms with Crippen molar-refractivity contribution in [3.05, 3.63) is 82.4 Å². The average Bonchev–Trinajstić information content (AvgIpc) is 3.53. The maximum Gasteiger partial charge on any atom is 0.261 e. The quantitative estimate of drug-likeness (QED) is 0.293. The number of halogens is 1. The number of carbonyl (C=O) groups excluding carboxylic acids is 1. The molecule has 1 unspecified atom stereocenters. The molecule has 7 nitrogen and oxygen atoms in total. The van der Waals surface area contributed by atoms with E-state index in [2.05, 4.69) is 17.7 Å². The molecule has 1 N–H and O–H groups in total. The van der Waals surface area contributed by atoms with Crippen LogP contribution in [0.3, 0.4) is 0 Å². The van der Waals surface area contributed by atoms with Crippen molar-refractivity contribution < 1.29 is 17.9 Å². The molecule has 1 amide bonds. The highest BCUT2D eigenvalue weighted by atomic mass is 35.5. The number of aryl methyl sites for hydroxylation is 2. The number of amides is 1. The van der Waals surface area contributed by atoms with Crippen molar-refractivity contribution in [1.82, 2.24) is 4.98 Å². The number of benzene rings is 3. The second-order valence-corrected chi connectivity index (χ2v) is 12.2. The molecular weight excluding hydrogens is 530 g/mol. The van der Waals surface area contributed by atoms with Crippen LogP contribution in [0.5, 0.6) is 0 Å². The molecule has 1 saturated heterocycles. The lowest BCUT2D eigenvalue weighted by Crippen LogP contribution is -2.37. The van der Waals surface area contributed by atoms with E-state index in [9.17, 15) is 13.2 Å². The first kappa shape index (κ1) is 25.7. The third-order valence-electron chi connectivity index (χ3n) is 6.39. The molecule has 0 radical (unpaired) electrons. The molecule has 0 aliphatic carbocycles. The molecule has 0 saturated carbocycles. The predicted octanol–water partition coefficient (Wildman–Crippen LogP) is 6.19. The van der Waals surface area contributed by atoms with E-state index >= 15 is 0 Å². The van der Waals surface area contributed by atoms with Crippen molar-refractivity contribution >= 4 is 59.9 Å². The minimum Gasteiger partial charge on any atom is -0.376 e. The highest BCUT2D eigenvalue weighted by molar-refractivity contribution is 7.92. The van der Waals surface area contributed by atoms with Gasteiger partial charge in [-0.25, -0.2) is 13.4 Å². The second kappa shape index (κ2) is 10.4. The maximum absolute atomic E-state index is 13.7. The highest BCUT2D eigenvalue weighted by Crippen LogP contribution is 2.32. The van der Waals surface area contributed by atoms with Crippen LogP contribution in [-0.4, -0.2) is 38.6 Å². The molecular formula is C27H26ClN3O4S2. The molecule has 0 bridgehead atoms. The molecule has 1 aromatic heterocycles. The number of hydrogen-bond donors (Lipinski definition) is 1. The predicted molar refractivity (Wildman–Crippen MR) is 148 cm³/mol. The van der Waals surface area contributed by atoms with Crippen LogP contribution in [0.1, 0.15) is 34.3 Å². The highest BCUT2D eigenvalue weighted by Gasteiger charge is 2.27. The van der Waals surface area contributed by atoms with Crippen LogP contribution in [-0.2, 0) is 14.8 Å². The van der Waals surface area contributed by atoms with E-state index in [4.69, 9.17) is 21.3 Å². The summed E-state index contributed by atoms with van der Waals surface area (Å²) in [4.78, 5) is 20.2. The van der Waals surface area contributed by atoms with Crippen molar-refractivity contribution in [2.45, 2.75) is 37.7 Å². The van der Waals surface area contributed by atoms with Crippen molar-refractivity contribution in [3.8, 4) is 0 Å². The van der Waals surface area contributed by atoms with E-state index in [0.717, 1.165) is 28.6 Å². The zero-order valence-corrected chi connectivity index (χ0v) is 22.8. The lowest BCUT2D eigenvalue weighted by molar-refractivity contribution is 0.0917. The van der Waals surface area contributed by atoms with Crippen LogP contribution in [0.25, 0.3) is 10.2 Å². The maximum atomic E-state index is 13.7. The summed E-state index contributed by atoms with van der Waals surface area (Å²) in [5.41, 5.74) is 3.97. The Morgan fingerprint density at radius 3 is 2.49 bits per heavy atom. The van der Waals surface area contributed by atoms with Gasteiger partial charge in [-0.15, -0.1) is 0 Å². The van der Waals surface area contributed by atoms with Crippen molar-refractivity contribution in [3.63, 3.8) is 0 Å². The van der Waals surface area contributed by atoms with Crippen LogP contribution < -0.4 is 9.62 Å². The molecule has 3 aromatic carbocycles. The average molecular weight is 556 g/mol. The first-order chi connectivity index (χ1) is 17.7. The summed E-state index contributed by atoms with van der Waals surface area (Å²) in [6.45, 7) is 5.20. The number of anilines is 2. The number of aromatic nitrogens is 1. The van der Waals surface area contributed by atoms with Gasteiger partial charge in [-0.3, -0.25) is 14.4 Å². The van der Waals surface area contributed by atoms with Crippen LogP contribution in [0, 0.1) is 13.8 Å². The van der Waals surface area contributed by atoms with Gasteiger partial charge in [0.2, 0.25) is 0 Å². The van der Waals surface area contributed by atoms with Gasteiger partial charge in [0.1, 0.15) is 0 Å². The first-order valence-corrected chi connectivity index (χ1v) is 14.6. The standard InChI is InChI=1S/C27H26ClN3O4S2/c1-17-14-24-25(15-18(17)2)36-27(29-24)31(16-22-4-3-13-35-22)26(32)19-5-9-21(10-6-19)30-37(33,34)23-11-7-20(28)8-12-23/h5-12,14-15,22,30H,3-4,13,16H2,1-2H3. The Hall–Kier alpha value is -2.98. The topological polar surface area (TPSA) is 88.6 Å². The van der Waals surface area contributed by atoms with Crippen LogP contribution in [0.15, 0.2) is 65.6 Å².